The summed E-state index contributed by atoms with van der Waals surface area (Å²) in [6.07, 6.45) is 0. The molecule has 0 spiro atoms. The summed E-state index contributed by atoms with van der Waals surface area (Å²) < 4.78 is 31.8. The molecule has 0 atom stereocenters. The first-order chi connectivity index (χ1) is 9.74. The molecule has 0 bridgehead atoms. The minimum atomic E-state index is -3.69. The predicted octanol–water partition coefficient (Wildman–Crippen LogP) is 0.965. The van der Waals surface area contributed by atoms with E-state index in [1.54, 1.807) is 13.0 Å². The number of carbonyl (C=O) groups excluding carboxylic acids is 1. The fourth-order valence-electron chi connectivity index (χ4n) is 1.61. The van der Waals surface area contributed by atoms with Crippen molar-refractivity contribution < 1.29 is 17.9 Å². The highest BCUT2D eigenvalue weighted by Gasteiger charge is 2.16. The van der Waals surface area contributed by atoms with Crippen LogP contribution in [0.3, 0.4) is 0 Å². The normalized spacial score (nSPS) is 11.3. The second kappa shape index (κ2) is 7.35. The van der Waals surface area contributed by atoms with Crippen LogP contribution < -0.4 is 10.5 Å². The van der Waals surface area contributed by atoms with E-state index < -0.39 is 15.9 Å². The van der Waals surface area contributed by atoms with Crippen LogP contribution in [-0.4, -0.2) is 34.1 Å². The van der Waals surface area contributed by atoms with Gasteiger partial charge in [0.15, 0.2) is 0 Å². The van der Waals surface area contributed by atoms with Crippen LogP contribution in [0.4, 0.5) is 0 Å². The van der Waals surface area contributed by atoms with E-state index in [1.807, 2.05) is 6.92 Å². The van der Waals surface area contributed by atoms with Crippen molar-refractivity contribution in [1.29, 1.82) is 0 Å². The quantitative estimate of drug-likeness (QED) is 0.552. The molecule has 0 aliphatic carbocycles. The van der Waals surface area contributed by atoms with Crippen molar-refractivity contribution in [3.63, 3.8) is 0 Å². The number of primary amides is 1. The number of hydrogen-bond acceptors (Lipinski definition) is 4. The van der Waals surface area contributed by atoms with Crippen molar-refractivity contribution >= 4 is 15.9 Å². The van der Waals surface area contributed by atoms with Crippen LogP contribution in [0.1, 0.15) is 22.8 Å². The number of aryl methyl sites for hydroxylation is 1. The number of nitrogens with one attached hydrogen (secondary N) is 1. The van der Waals surface area contributed by atoms with Crippen molar-refractivity contribution in [3.8, 4) is 0 Å². The molecule has 0 fully saturated rings. The molecule has 1 amide bonds. The lowest BCUT2D eigenvalue weighted by atomic mass is 10.1. The van der Waals surface area contributed by atoms with Gasteiger partial charge >= 0.3 is 0 Å². The van der Waals surface area contributed by atoms with Gasteiger partial charge in [-0.15, -0.1) is 0 Å². The molecule has 6 nitrogen and oxygen atoms in total. The summed E-state index contributed by atoms with van der Waals surface area (Å²) in [5, 5.41) is 0. The van der Waals surface area contributed by atoms with Crippen LogP contribution in [0, 0.1) is 6.92 Å². The molecule has 0 aliphatic rings. The summed E-state index contributed by atoms with van der Waals surface area (Å²) in [6, 6.07) is 4.25. The van der Waals surface area contributed by atoms with Crippen molar-refractivity contribution in [1.82, 2.24) is 4.72 Å². The molecule has 1 aromatic rings. The lowest BCUT2D eigenvalue weighted by Crippen LogP contribution is -2.28. The summed E-state index contributed by atoms with van der Waals surface area (Å²) >= 11 is 0. The largest absolute Gasteiger partial charge is 0.376 e. The first-order valence-corrected chi connectivity index (χ1v) is 7.84. The number of nitrogens with two attached hydrogens (primary N) is 1. The molecule has 1 aromatic carbocycles. The first-order valence-electron chi connectivity index (χ1n) is 6.36. The van der Waals surface area contributed by atoms with Gasteiger partial charge in [0.2, 0.25) is 15.9 Å². The summed E-state index contributed by atoms with van der Waals surface area (Å²) in [5.74, 6) is -0.658. The number of carbonyl (C=O) groups is 1. The van der Waals surface area contributed by atoms with Crippen molar-refractivity contribution in [2.45, 2.75) is 18.7 Å². The maximum absolute atomic E-state index is 12.1. The maximum atomic E-state index is 12.1. The Bertz CT molecular complexity index is 638. The molecule has 0 heterocycles. The summed E-state index contributed by atoms with van der Waals surface area (Å²) in [5.41, 5.74) is 6.90. The fourth-order valence-corrected chi connectivity index (χ4v) is 2.65. The number of hydrogen-bond donors (Lipinski definition) is 2. The monoisotopic (exact) mass is 312 g/mol. The lowest BCUT2D eigenvalue weighted by molar-refractivity contribution is 0.0999. The number of rotatable bonds is 8. The second-order valence-corrected chi connectivity index (χ2v) is 6.52. The summed E-state index contributed by atoms with van der Waals surface area (Å²) in [7, 11) is -3.69. The Kier molecular flexibility index (Phi) is 6.07. The fraction of sp³-hybridized carbons (Fsp3) is 0.357. The molecular formula is C14H20N2O4S. The maximum Gasteiger partial charge on any atom is 0.249 e. The van der Waals surface area contributed by atoms with Crippen LogP contribution in [0.5, 0.6) is 0 Å². The zero-order valence-electron chi connectivity index (χ0n) is 12.2. The first kappa shape index (κ1) is 17.4. The Morgan fingerprint density at radius 1 is 1.43 bits per heavy atom. The van der Waals surface area contributed by atoms with E-state index in [-0.39, 0.29) is 23.6 Å². The molecule has 0 unspecified atom stereocenters. The molecule has 116 valence electrons. The van der Waals surface area contributed by atoms with Crippen molar-refractivity contribution in [3.05, 3.63) is 41.5 Å². The van der Waals surface area contributed by atoms with Crippen molar-refractivity contribution in [2.24, 2.45) is 5.73 Å². The predicted molar refractivity (Wildman–Crippen MR) is 80.5 cm³/mol. The third-order valence-electron chi connectivity index (χ3n) is 2.67. The minimum Gasteiger partial charge on any atom is -0.376 e. The van der Waals surface area contributed by atoms with Gasteiger partial charge in [0, 0.05) is 12.1 Å². The van der Waals surface area contributed by atoms with Crippen LogP contribution in [0.15, 0.2) is 35.2 Å². The van der Waals surface area contributed by atoms with E-state index in [0.717, 1.165) is 5.57 Å². The number of sulfonamides is 1. The number of benzene rings is 1. The van der Waals surface area contributed by atoms with E-state index in [4.69, 9.17) is 10.5 Å². The standard InChI is InChI=1S/C14H20N2O4S/c1-10(2)9-20-7-6-16-21(18,19)12-5-4-11(3)13(8-12)14(15)17/h4-5,8,16H,1,6-7,9H2,2-3H3,(H2,15,17). The lowest BCUT2D eigenvalue weighted by Gasteiger charge is -2.09. The average molecular weight is 312 g/mol. The van der Waals surface area contributed by atoms with Gasteiger partial charge in [-0.25, -0.2) is 13.1 Å². The molecule has 0 saturated heterocycles. The summed E-state index contributed by atoms with van der Waals surface area (Å²) in [4.78, 5) is 11.2. The number of ether oxygens (including phenoxy) is 1. The highest BCUT2D eigenvalue weighted by atomic mass is 32.2. The molecule has 0 radical (unpaired) electrons. The SMILES string of the molecule is C=C(C)COCCNS(=O)(=O)c1ccc(C)c(C(N)=O)c1. The van der Waals surface area contributed by atoms with E-state index >= 15 is 0 Å². The van der Waals surface area contributed by atoms with E-state index in [2.05, 4.69) is 11.3 Å². The molecule has 0 saturated carbocycles. The highest BCUT2D eigenvalue weighted by molar-refractivity contribution is 7.89. The van der Waals surface area contributed by atoms with Gasteiger partial charge in [-0.3, -0.25) is 4.79 Å². The van der Waals surface area contributed by atoms with E-state index in [1.165, 1.54) is 12.1 Å². The van der Waals surface area contributed by atoms with Gasteiger partial charge in [0.25, 0.3) is 0 Å². The van der Waals surface area contributed by atoms with Crippen LogP contribution >= 0.6 is 0 Å². The van der Waals surface area contributed by atoms with Gasteiger partial charge < -0.3 is 10.5 Å². The smallest absolute Gasteiger partial charge is 0.249 e. The van der Waals surface area contributed by atoms with Crippen LogP contribution in [0.2, 0.25) is 0 Å². The number of amides is 1. The Morgan fingerprint density at radius 3 is 2.67 bits per heavy atom. The summed E-state index contributed by atoms with van der Waals surface area (Å²) in [6.45, 7) is 7.95. The van der Waals surface area contributed by atoms with E-state index in [9.17, 15) is 13.2 Å². The molecule has 1 rings (SSSR count). The Hall–Kier alpha value is -1.70. The van der Waals surface area contributed by atoms with Gasteiger partial charge in [-0.1, -0.05) is 18.2 Å². The molecule has 21 heavy (non-hydrogen) atoms. The second-order valence-electron chi connectivity index (χ2n) is 4.75. The zero-order chi connectivity index (χ0) is 16.0. The molecule has 7 heteroatoms. The van der Waals surface area contributed by atoms with Crippen molar-refractivity contribution in [2.75, 3.05) is 19.8 Å². The topological polar surface area (TPSA) is 98.5 Å². The minimum absolute atomic E-state index is 0.00167. The van der Waals surface area contributed by atoms with Gasteiger partial charge in [-0.2, -0.15) is 0 Å². The van der Waals surface area contributed by atoms with Gasteiger partial charge in [0.05, 0.1) is 18.1 Å². The Morgan fingerprint density at radius 2 is 2.10 bits per heavy atom. The highest BCUT2D eigenvalue weighted by Crippen LogP contribution is 2.15. The Labute approximate surface area is 125 Å². The molecular weight excluding hydrogens is 292 g/mol. The van der Waals surface area contributed by atoms with Gasteiger partial charge in [0.1, 0.15) is 0 Å². The molecule has 0 aliphatic heterocycles. The zero-order valence-corrected chi connectivity index (χ0v) is 13.0. The third-order valence-corrected chi connectivity index (χ3v) is 4.13. The van der Waals surface area contributed by atoms with E-state index in [0.29, 0.717) is 12.2 Å². The third kappa shape index (κ3) is 5.30. The Balaban J connectivity index is 2.72. The van der Waals surface area contributed by atoms with Gasteiger partial charge in [-0.05, 0) is 31.5 Å². The molecule has 3 N–H and O–H groups in total. The average Bonchev–Trinajstić information content (AvgIpc) is 2.37. The molecule has 0 aromatic heterocycles. The van der Waals surface area contributed by atoms with Crippen LogP contribution in [-0.2, 0) is 14.8 Å². The van der Waals surface area contributed by atoms with Crippen LogP contribution in [0.25, 0.3) is 0 Å².